The number of anilines is 2. The van der Waals surface area contributed by atoms with Crippen LogP contribution in [0.4, 0.5) is 19.6 Å². The molecule has 3 N–H and O–H groups in total. The van der Waals surface area contributed by atoms with E-state index in [1.807, 2.05) is 4.90 Å². The number of thiazole rings is 1. The van der Waals surface area contributed by atoms with E-state index in [-0.39, 0.29) is 55.9 Å². The van der Waals surface area contributed by atoms with Gasteiger partial charge in [-0.3, -0.25) is 14.7 Å². The minimum atomic E-state index is -0.709. The number of hydrogen-bond donors (Lipinski definition) is 2. The molecule has 2 saturated heterocycles. The number of ether oxygens (including phenoxy) is 4. The normalized spacial score (nSPS) is 22.4. The summed E-state index contributed by atoms with van der Waals surface area (Å²) in [5, 5.41) is 3.48. The SMILES string of the molecule is C=CC(=O)NC1COCCN(c2c3c(nc4c(F)c(-c5ccc(F)c6sc(N)nc56)ncc24)OC(C2(CN4CCOCC4)CC2)CO3)C1. The van der Waals surface area contributed by atoms with Crippen molar-refractivity contribution in [2.75, 3.05) is 76.4 Å². The van der Waals surface area contributed by atoms with E-state index in [0.717, 1.165) is 43.8 Å². The maximum absolute atomic E-state index is 16.8. The van der Waals surface area contributed by atoms with Gasteiger partial charge in [0, 0.05) is 55.3 Å². The third-order valence-corrected chi connectivity index (χ3v) is 10.5. The molecular weight excluding hydrogens is 644 g/mol. The minimum Gasteiger partial charge on any atom is -0.482 e. The van der Waals surface area contributed by atoms with E-state index in [1.54, 1.807) is 6.20 Å². The van der Waals surface area contributed by atoms with Crippen molar-refractivity contribution in [3.05, 3.63) is 42.6 Å². The highest BCUT2D eigenvalue weighted by Gasteiger charge is 2.54. The zero-order valence-corrected chi connectivity index (χ0v) is 27.0. The van der Waals surface area contributed by atoms with Gasteiger partial charge in [-0.1, -0.05) is 17.9 Å². The van der Waals surface area contributed by atoms with E-state index in [4.69, 9.17) is 29.7 Å². The van der Waals surface area contributed by atoms with E-state index in [0.29, 0.717) is 68.5 Å². The van der Waals surface area contributed by atoms with Crippen LogP contribution in [-0.2, 0) is 14.3 Å². The molecule has 1 amide bonds. The van der Waals surface area contributed by atoms with Gasteiger partial charge in [-0.05, 0) is 31.1 Å². The molecule has 3 aromatic heterocycles. The van der Waals surface area contributed by atoms with E-state index >= 15 is 4.39 Å². The maximum atomic E-state index is 16.8. The predicted octanol–water partition coefficient (Wildman–Crippen LogP) is 3.53. The number of benzene rings is 1. The molecule has 15 heteroatoms. The van der Waals surface area contributed by atoms with Gasteiger partial charge in [-0.2, -0.15) is 0 Å². The summed E-state index contributed by atoms with van der Waals surface area (Å²) in [6.45, 7) is 9.29. The number of carbonyl (C=O) groups is 1. The van der Waals surface area contributed by atoms with Crippen molar-refractivity contribution >= 4 is 49.2 Å². The number of rotatable bonds is 7. The van der Waals surface area contributed by atoms with Gasteiger partial charge < -0.3 is 34.9 Å². The summed E-state index contributed by atoms with van der Waals surface area (Å²) in [4.78, 5) is 30.2. The summed E-state index contributed by atoms with van der Waals surface area (Å²) in [5.41, 5.74) is 6.88. The first-order valence-electron chi connectivity index (χ1n) is 16.1. The Labute approximate surface area is 278 Å². The standard InChI is InChI=1S/C33H35F2N7O5S/c1-2-23(43)38-18-14-42(9-12-45-15-18)28-20-13-37-25(19-3-4-21(34)30-27(19)40-32(36)48-30)24(35)26(20)39-31-29(28)46-16-22(47-31)33(5-6-33)17-41-7-10-44-11-8-41/h2-4,13,18,22H,1,5-12,14-17H2,(H2,36,40)(H,38,43). The number of aromatic nitrogens is 3. The summed E-state index contributed by atoms with van der Waals surface area (Å²) < 4.78 is 56.3. The van der Waals surface area contributed by atoms with Crippen LogP contribution in [0.2, 0.25) is 0 Å². The van der Waals surface area contributed by atoms with Crippen molar-refractivity contribution in [2.24, 2.45) is 5.41 Å². The molecule has 48 heavy (non-hydrogen) atoms. The Bertz CT molecular complexity index is 1910. The van der Waals surface area contributed by atoms with E-state index in [9.17, 15) is 9.18 Å². The van der Waals surface area contributed by atoms with Crippen LogP contribution in [0.3, 0.4) is 0 Å². The minimum absolute atomic E-state index is 0.0218. The van der Waals surface area contributed by atoms with Crippen LogP contribution in [0, 0.1) is 17.0 Å². The van der Waals surface area contributed by atoms with Gasteiger partial charge in [-0.15, -0.1) is 0 Å². The largest absolute Gasteiger partial charge is 0.482 e. The van der Waals surface area contributed by atoms with E-state index < -0.39 is 11.6 Å². The third kappa shape index (κ3) is 5.57. The van der Waals surface area contributed by atoms with Gasteiger partial charge in [0.05, 0.1) is 48.4 Å². The monoisotopic (exact) mass is 679 g/mol. The molecule has 3 aliphatic heterocycles. The molecule has 3 fully saturated rings. The molecule has 0 radical (unpaired) electrons. The smallest absolute Gasteiger partial charge is 0.260 e. The average molecular weight is 680 g/mol. The second-order valence-electron chi connectivity index (χ2n) is 12.7. The lowest BCUT2D eigenvalue weighted by atomic mass is 9.97. The molecule has 6 heterocycles. The van der Waals surface area contributed by atoms with Crippen LogP contribution >= 0.6 is 11.3 Å². The van der Waals surface area contributed by atoms with Crippen LogP contribution in [0.25, 0.3) is 32.4 Å². The molecule has 2 unspecified atom stereocenters. The van der Waals surface area contributed by atoms with Crippen molar-refractivity contribution in [3.8, 4) is 22.9 Å². The van der Waals surface area contributed by atoms with Gasteiger partial charge in [0.1, 0.15) is 29.7 Å². The summed E-state index contributed by atoms with van der Waals surface area (Å²) in [6, 6.07) is 2.33. The Morgan fingerprint density at radius 1 is 1.12 bits per heavy atom. The first kappa shape index (κ1) is 31.1. The van der Waals surface area contributed by atoms with Crippen molar-refractivity contribution in [2.45, 2.75) is 25.0 Å². The van der Waals surface area contributed by atoms with E-state index in [1.165, 1.54) is 18.2 Å². The van der Waals surface area contributed by atoms with Crippen molar-refractivity contribution in [1.29, 1.82) is 0 Å². The fourth-order valence-electron chi connectivity index (χ4n) is 6.97. The fourth-order valence-corrected chi connectivity index (χ4v) is 7.73. The lowest BCUT2D eigenvalue weighted by Crippen LogP contribution is -2.47. The first-order valence-corrected chi connectivity index (χ1v) is 16.9. The number of carbonyl (C=O) groups excluding carboxylic acids is 1. The number of nitrogens with one attached hydrogen (secondary N) is 1. The molecule has 1 aromatic carbocycles. The van der Waals surface area contributed by atoms with Crippen LogP contribution in [-0.4, -0.2) is 104 Å². The fraction of sp³-hybridized carbons (Fsp3) is 0.455. The Morgan fingerprint density at radius 3 is 2.73 bits per heavy atom. The highest BCUT2D eigenvalue weighted by Crippen LogP contribution is 2.54. The molecule has 0 bridgehead atoms. The zero-order chi connectivity index (χ0) is 33.0. The van der Waals surface area contributed by atoms with Crippen LogP contribution in [0.5, 0.6) is 11.6 Å². The Hall–Kier alpha value is -4.18. The second kappa shape index (κ2) is 12.4. The Balaban J connectivity index is 1.23. The highest BCUT2D eigenvalue weighted by molar-refractivity contribution is 7.22. The number of nitrogens with zero attached hydrogens (tertiary/aromatic N) is 5. The quantitative estimate of drug-likeness (QED) is 0.278. The van der Waals surface area contributed by atoms with Crippen molar-refractivity contribution in [3.63, 3.8) is 0 Å². The van der Waals surface area contributed by atoms with Gasteiger partial charge in [0.2, 0.25) is 11.7 Å². The number of halogens is 2. The number of morpholine rings is 1. The molecule has 12 nitrogen and oxygen atoms in total. The number of amides is 1. The van der Waals surface area contributed by atoms with Gasteiger partial charge in [0.15, 0.2) is 10.9 Å². The van der Waals surface area contributed by atoms with Gasteiger partial charge in [-0.25, -0.2) is 18.7 Å². The molecule has 2 atom stereocenters. The topological polar surface area (TPSA) is 137 Å². The molecule has 4 aromatic rings. The lowest BCUT2D eigenvalue weighted by molar-refractivity contribution is -0.117. The molecule has 4 aliphatic rings. The maximum Gasteiger partial charge on any atom is 0.260 e. The Morgan fingerprint density at radius 2 is 1.94 bits per heavy atom. The molecule has 1 aliphatic carbocycles. The molecular formula is C33H35F2N7O5S. The summed E-state index contributed by atoms with van der Waals surface area (Å²) in [7, 11) is 0. The predicted molar refractivity (Wildman–Crippen MR) is 176 cm³/mol. The average Bonchev–Trinajstić information content (AvgIpc) is 3.82. The van der Waals surface area contributed by atoms with Crippen LogP contribution < -0.4 is 25.4 Å². The molecule has 0 spiro atoms. The molecule has 1 saturated carbocycles. The zero-order valence-electron chi connectivity index (χ0n) is 26.2. The highest BCUT2D eigenvalue weighted by atomic mass is 32.1. The number of fused-ring (bicyclic) bond motifs is 3. The van der Waals surface area contributed by atoms with Crippen molar-refractivity contribution < 1.29 is 32.5 Å². The number of hydrogen-bond acceptors (Lipinski definition) is 12. The summed E-state index contributed by atoms with van der Waals surface area (Å²) in [6.07, 6.45) is 4.45. The number of nitrogen functional groups attached to an aromatic ring is 1. The lowest BCUT2D eigenvalue weighted by Gasteiger charge is -2.38. The summed E-state index contributed by atoms with van der Waals surface area (Å²) >= 11 is 0.990. The van der Waals surface area contributed by atoms with Crippen LogP contribution in [0.1, 0.15) is 12.8 Å². The third-order valence-electron chi connectivity index (χ3n) is 9.60. The summed E-state index contributed by atoms with van der Waals surface area (Å²) in [5.74, 6) is -0.948. The van der Waals surface area contributed by atoms with Gasteiger partial charge >= 0.3 is 0 Å². The molecule has 8 rings (SSSR count). The van der Waals surface area contributed by atoms with Gasteiger partial charge in [0.25, 0.3) is 5.88 Å². The number of pyridine rings is 2. The van der Waals surface area contributed by atoms with Crippen LogP contribution in [0.15, 0.2) is 31.0 Å². The van der Waals surface area contributed by atoms with E-state index in [2.05, 4.69) is 26.8 Å². The molecule has 252 valence electrons. The second-order valence-corrected chi connectivity index (χ2v) is 13.7. The first-order chi connectivity index (χ1) is 23.3. The Kier molecular flexibility index (Phi) is 8.01. The van der Waals surface area contributed by atoms with Crippen molar-refractivity contribution in [1.82, 2.24) is 25.2 Å². The number of nitrogens with two attached hydrogens (primary N) is 1.